The van der Waals surface area contributed by atoms with E-state index >= 15 is 4.39 Å². The number of carbonyl (C=O) groups is 1. The third kappa shape index (κ3) is 4.28. The maximum atomic E-state index is 15.3. The smallest absolute Gasteiger partial charge is 0.262 e. The van der Waals surface area contributed by atoms with E-state index in [2.05, 4.69) is 34.1 Å². The Bertz CT molecular complexity index is 1410. The number of hydrogen-bond acceptors (Lipinski definition) is 5. The van der Waals surface area contributed by atoms with E-state index < -0.39 is 0 Å². The van der Waals surface area contributed by atoms with Crippen molar-refractivity contribution < 1.29 is 9.18 Å². The monoisotopic (exact) mass is 487 g/mol. The highest BCUT2D eigenvalue weighted by molar-refractivity contribution is 6.07. The lowest BCUT2D eigenvalue weighted by atomic mass is 9.93. The minimum absolute atomic E-state index is 0.254. The summed E-state index contributed by atoms with van der Waals surface area (Å²) >= 11 is 0. The molecule has 4 heterocycles. The number of rotatable bonds is 6. The van der Waals surface area contributed by atoms with Crippen molar-refractivity contribution in [2.75, 3.05) is 18.4 Å². The molecule has 4 aromatic rings. The molecule has 1 aliphatic carbocycles. The molecule has 8 nitrogen and oxygen atoms in total. The topological polar surface area (TPSA) is 80.4 Å². The van der Waals surface area contributed by atoms with Gasteiger partial charge in [0.25, 0.3) is 5.91 Å². The van der Waals surface area contributed by atoms with Gasteiger partial charge in [-0.05, 0) is 82.3 Å². The lowest BCUT2D eigenvalue weighted by Gasteiger charge is -2.33. The minimum atomic E-state index is -0.360. The van der Waals surface area contributed by atoms with E-state index in [0.29, 0.717) is 34.7 Å². The number of anilines is 1. The summed E-state index contributed by atoms with van der Waals surface area (Å²) in [6.07, 6.45) is 9.01. The maximum Gasteiger partial charge on any atom is 0.262 e. The molecule has 6 rings (SSSR count). The first-order valence-electron chi connectivity index (χ1n) is 12.7. The lowest BCUT2D eigenvalue weighted by molar-refractivity contribution is 0.102. The fourth-order valence-corrected chi connectivity index (χ4v) is 5.12. The van der Waals surface area contributed by atoms with Gasteiger partial charge in [-0.15, -0.1) is 0 Å². The van der Waals surface area contributed by atoms with Crippen LogP contribution in [0.25, 0.3) is 11.3 Å². The van der Waals surface area contributed by atoms with Gasteiger partial charge in [-0.3, -0.25) is 4.79 Å². The molecule has 0 unspecified atom stereocenters. The molecule has 1 saturated carbocycles. The van der Waals surface area contributed by atoms with Crippen LogP contribution < -0.4 is 5.32 Å². The summed E-state index contributed by atoms with van der Waals surface area (Å²) in [6, 6.07) is 9.50. The summed E-state index contributed by atoms with van der Waals surface area (Å²) in [5.41, 5.74) is 3.03. The number of fused-ring (bicyclic) bond motifs is 1. The van der Waals surface area contributed by atoms with Gasteiger partial charge in [0.15, 0.2) is 5.65 Å². The van der Waals surface area contributed by atoms with Gasteiger partial charge in [-0.1, -0.05) is 6.07 Å². The Morgan fingerprint density at radius 1 is 1.11 bits per heavy atom. The number of piperidine rings is 1. The Morgan fingerprint density at radius 2 is 1.92 bits per heavy atom. The molecule has 2 fully saturated rings. The molecule has 0 bridgehead atoms. The van der Waals surface area contributed by atoms with Gasteiger partial charge in [-0.25, -0.2) is 18.6 Å². The van der Waals surface area contributed by atoms with Crippen LogP contribution >= 0.6 is 0 Å². The van der Waals surface area contributed by atoms with Crippen molar-refractivity contribution in [1.29, 1.82) is 0 Å². The molecule has 1 saturated heterocycles. The van der Waals surface area contributed by atoms with Gasteiger partial charge in [0.05, 0.1) is 11.9 Å². The molecule has 1 aromatic carbocycles. The van der Waals surface area contributed by atoms with Gasteiger partial charge in [0, 0.05) is 30.4 Å². The van der Waals surface area contributed by atoms with Crippen LogP contribution in [0.1, 0.15) is 73.0 Å². The highest BCUT2D eigenvalue weighted by Gasteiger charge is 2.28. The van der Waals surface area contributed by atoms with E-state index in [0.717, 1.165) is 50.0 Å². The quantitative estimate of drug-likeness (QED) is 0.424. The number of nitrogens with zero attached hydrogens (tertiary/aromatic N) is 6. The predicted molar refractivity (Wildman–Crippen MR) is 135 cm³/mol. The van der Waals surface area contributed by atoms with Crippen LogP contribution in [0.2, 0.25) is 0 Å². The Morgan fingerprint density at radius 3 is 2.64 bits per heavy atom. The van der Waals surface area contributed by atoms with Crippen molar-refractivity contribution in [1.82, 2.24) is 29.3 Å². The third-order valence-electron chi connectivity index (χ3n) is 7.42. The number of nitrogens with one attached hydrogen (secondary N) is 1. The number of hydrogen-bond donors (Lipinski definition) is 1. The molecule has 9 heteroatoms. The second-order valence-corrected chi connectivity index (χ2v) is 10.2. The van der Waals surface area contributed by atoms with Crippen molar-refractivity contribution in [3.8, 4) is 5.69 Å². The standard InChI is InChI=1S/C27H30FN7O/c1-17(2)33-12-8-19(9-13-33)23-15-25(31-27(36)21-16-30-34-11-3-10-29-26(21)34)35(32-23)24-7-6-20(14-22(24)28)18-4-5-18/h3,6-7,10-11,14-19H,4-5,8-9,12-13H2,1-2H3,(H,31,36). The third-order valence-corrected chi connectivity index (χ3v) is 7.42. The lowest BCUT2D eigenvalue weighted by Crippen LogP contribution is -2.37. The molecule has 3 aromatic heterocycles. The zero-order valence-electron chi connectivity index (χ0n) is 20.6. The second-order valence-electron chi connectivity index (χ2n) is 10.2. The predicted octanol–water partition coefficient (Wildman–Crippen LogP) is 4.77. The van der Waals surface area contributed by atoms with Gasteiger partial charge in [0.1, 0.15) is 22.9 Å². The molecule has 36 heavy (non-hydrogen) atoms. The highest BCUT2D eigenvalue weighted by atomic mass is 19.1. The Balaban J connectivity index is 1.34. The van der Waals surface area contributed by atoms with E-state index in [1.807, 2.05) is 12.1 Å². The molecular formula is C27H30FN7O. The van der Waals surface area contributed by atoms with Crippen LogP contribution in [0, 0.1) is 5.82 Å². The average molecular weight is 488 g/mol. The van der Waals surface area contributed by atoms with E-state index in [9.17, 15) is 4.79 Å². The first kappa shape index (κ1) is 22.8. The second kappa shape index (κ2) is 9.13. The van der Waals surface area contributed by atoms with E-state index in [4.69, 9.17) is 5.10 Å². The maximum absolute atomic E-state index is 15.3. The van der Waals surface area contributed by atoms with E-state index in [-0.39, 0.29) is 17.6 Å². The van der Waals surface area contributed by atoms with Crippen LogP contribution in [0.5, 0.6) is 0 Å². The number of benzene rings is 1. The molecule has 0 spiro atoms. The summed E-state index contributed by atoms with van der Waals surface area (Å²) in [4.78, 5) is 20.0. The van der Waals surface area contributed by atoms with E-state index in [1.165, 1.54) is 10.9 Å². The van der Waals surface area contributed by atoms with Gasteiger partial charge in [-0.2, -0.15) is 10.2 Å². The summed E-state index contributed by atoms with van der Waals surface area (Å²) in [7, 11) is 0. The van der Waals surface area contributed by atoms with Crippen molar-refractivity contribution in [2.24, 2.45) is 0 Å². The summed E-state index contributed by atoms with van der Waals surface area (Å²) in [6.45, 7) is 6.42. The summed E-state index contributed by atoms with van der Waals surface area (Å²) in [5.74, 6) is 0.451. The number of carbonyl (C=O) groups excluding carboxylic acids is 1. The van der Waals surface area contributed by atoms with Crippen LogP contribution in [0.15, 0.2) is 48.9 Å². The average Bonchev–Trinajstić information content (AvgIpc) is 3.52. The van der Waals surface area contributed by atoms with Crippen molar-refractivity contribution in [2.45, 2.75) is 57.4 Å². The first-order chi connectivity index (χ1) is 17.5. The molecule has 0 atom stereocenters. The number of amides is 1. The zero-order valence-corrected chi connectivity index (χ0v) is 20.6. The van der Waals surface area contributed by atoms with Crippen LogP contribution in [0.3, 0.4) is 0 Å². The Labute approximate surface area is 209 Å². The Hall–Kier alpha value is -3.59. The number of likely N-dealkylation sites (tertiary alicyclic amines) is 1. The summed E-state index contributed by atoms with van der Waals surface area (Å²) in [5, 5.41) is 12.0. The normalized spacial score (nSPS) is 17.2. The molecule has 1 N–H and O–H groups in total. The van der Waals surface area contributed by atoms with Crippen LogP contribution in [0.4, 0.5) is 10.2 Å². The van der Waals surface area contributed by atoms with E-state index in [1.54, 1.807) is 35.1 Å². The number of aromatic nitrogens is 5. The number of halogens is 1. The minimum Gasteiger partial charge on any atom is -0.306 e. The van der Waals surface area contributed by atoms with Gasteiger partial charge < -0.3 is 10.2 Å². The van der Waals surface area contributed by atoms with Crippen molar-refractivity contribution >= 4 is 17.4 Å². The Kier molecular flexibility index (Phi) is 5.79. The fraction of sp³-hybridized carbons (Fsp3) is 0.407. The highest BCUT2D eigenvalue weighted by Crippen LogP contribution is 2.41. The molecule has 1 amide bonds. The van der Waals surface area contributed by atoms with Crippen LogP contribution in [-0.2, 0) is 0 Å². The van der Waals surface area contributed by atoms with Gasteiger partial charge in [0.2, 0.25) is 0 Å². The van der Waals surface area contributed by atoms with Gasteiger partial charge >= 0.3 is 0 Å². The molecule has 2 aliphatic rings. The molecule has 186 valence electrons. The zero-order chi connectivity index (χ0) is 24.8. The SMILES string of the molecule is CC(C)N1CCC(c2cc(NC(=O)c3cnn4cccnc34)n(-c3ccc(C4CC4)cc3F)n2)CC1. The van der Waals surface area contributed by atoms with Crippen molar-refractivity contribution in [3.05, 3.63) is 71.6 Å². The fourth-order valence-electron chi connectivity index (χ4n) is 5.12. The molecule has 1 aliphatic heterocycles. The first-order valence-corrected chi connectivity index (χ1v) is 12.7. The largest absolute Gasteiger partial charge is 0.306 e. The summed E-state index contributed by atoms with van der Waals surface area (Å²) < 4.78 is 18.4. The molecule has 0 radical (unpaired) electrons. The molecular weight excluding hydrogens is 457 g/mol. The van der Waals surface area contributed by atoms with Crippen molar-refractivity contribution in [3.63, 3.8) is 0 Å². The van der Waals surface area contributed by atoms with Crippen LogP contribution in [-0.4, -0.2) is 54.3 Å².